The van der Waals surface area contributed by atoms with Crippen molar-refractivity contribution in [1.29, 1.82) is 0 Å². The number of benzene rings is 2. The molecule has 1 amide bonds. The van der Waals surface area contributed by atoms with Crippen molar-refractivity contribution in [2.24, 2.45) is 5.92 Å². The molecule has 0 unspecified atom stereocenters. The van der Waals surface area contributed by atoms with Crippen LogP contribution < -0.4 is 5.32 Å². The summed E-state index contributed by atoms with van der Waals surface area (Å²) in [6.45, 7) is 3.46. The lowest BCUT2D eigenvalue weighted by molar-refractivity contribution is 0.0928. The summed E-state index contributed by atoms with van der Waals surface area (Å²) in [5, 5.41) is 2.69. The van der Waals surface area contributed by atoms with Gasteiger partial charge in [-0.05, 0) is 56.0 Å². The Bertz CT molecular complexity index is 708. The van der Waals surface area contributed by atoms with Crippen molar-refractivity contribution in [2.45, 2.75) is 19.3 Å². The van der Waals surface area contributed by atoms with Gasteiger partial charge in [0, 0.05) is 13.1 Å². The Morgan fingerprint density at radius 2 is 1.65 bits per heavy atom. The van der Waals surface area contributed by atoms with Crippen molar-refractivity contribution in [3.05, 3.63) is 71.3 Å². The van der Waals surface area contributed by atoms with Gasteiger partial charge in [-0.1, -0.05) is 36.4 Å². The van der Waals surface area contributed by atoms with Crippen LogP contribution in [0.5, 0.6) is 0 Å². The Morgan fingerprint density at radius 3 is 2.31 bits per heavy atom. The molecule has 1 N–H and O–H groups in total. The molecule has 138 valence electrons. The minimum atomic E-state index is -0.821. The molecule has 5 heteroatoms. The summed E-state index contributed by atoms with van der Waals surface area (Å²) >= 11 is 0. The van der Waals surface area contributed by atoms with E-state index in [2.05, 4.69) is 34.5 Å². The van der Waals surface area contributed by atoms with Crippen LogP contribution in [0.15, 0.2) is 48.5 Å². The van der Waals surface area contributed by atoms with Crippen LogP contribution in [0.4, 0.5) is 8.78 Å². The highest BCUT2D eigenvalue weighted by Crippen LogP contribution is 2.18. The van der Waals surface area contributed by atoms with E-state index >= 15 is 0 Å². The number of nitrogens with one attached hydrogen (secondary N) is 1. The first kappa shape index (κ1) is 18.5. The molecule has 1 aliphatic rings. The van der Waals surface area contributed by atoms with E-state index in [-0.39, 0.29) is 0 Å². The van der Waals surface area contributed by atoms with Crippen LogP contribution in [0, 0.1) is 17.6 Å². The predicted octanol–water partition coefficient (Wildman–Crippen LogP) is 3.65. The Labute approximate surface area is 153 Å². The van der Waals surface area contributed by atoms with Crippen LogP contribution in [-0.4, -0.2) is 37.0 Å². The smallest absolute Gasteiger partial charge is 0.257 e. The molecule has 1 fully saturated rings. The average Bonchev–Trinajstić information content (AvgIpc) is 2.66. The van der Waals surface area contributed by atoms with E-state index in [1.165, 1.54) is 11.6 Å². The molecule has 26 heavy (non-hydrogen) atoms. The molecular weight excluding hydrogens is 334 g/mol. The van der Waals surface area contributed by atoms with Crippen LogP contribution in [0.1, 0.15) is 28.8 Å². The van der Waals surface area contributed by atoms with E-state index in [4.69, 9.17) is 0 Å². The Morgan fingerprint density at radius 1 is 1.00 bits per heavy atom. The maximum absolute atomic E-state index is 13.6. The fourth-order valence-electron chi connectivity index (χ4n) is 3.39. The molecule has 0 radical (unpaired) electrons. The highest BCUT2D eigenvalue weighted by Gasteiger charge is 2.21. The molecule has 3 nitrogen and oxygen atoms in total. The van der Waals surface area contributed by atoms with Gasteiger partial charge in [0.25, 0.3) is 5.91 Å². The molecule has 1 aliphatic heterocycles. The van der Waals surface area contributed by atoms with Gasteiger partial charge < -0.3 is 10.2 Å². The third kappa shape index (κ3) is 4.88. The third-order valence-electron chi connectivity index (χ3n) is 5.01. The van der Waals surface area contributed by atoms with Crippen molar-refractivity contribution in [3.8, 4) is 0 Å². The topological polar surface area (TPSA) is 32.3 Å². The van der Waals surface area contributed by atoms with E-state index in [1.807, 2.05) is 6.07 Å². The van der Waals surface area contributed by atoms with E-state index in [9.17, 15) is 13.6 Å². The van der Waals surface area contributed by atoms with Gasteiger partial charge in [0.15, 0.2) is 0 Å². The fraction of sp³-hybridized carbons (Fsp3) is 0.381. The first-order valence-electron chi connectivity index (χ1n) is 9.12. The van der Waals surface area contributed by atoms with Crippen LogP contribution in [0.25, 0.3) is 0 Å². The van der Waals surface area contributed by atoms with Crippen molar-refractivity contribution >= 4 is 5.91 Å². The van der Waals surface area contributed by atoms with Crippen LogP contribution >= 0.6 is 0 Å². The molecule has 0 bridgehead atoms. The minimum Gasteiger partial charge on any atom is -0.352 e. The van der Waals surface area contributed by atoms with Crippen LogP contribution in [0.2, 0.25) is 0 Å². The lowest BCUT2D eigenvalue weighted by Crippen LogP contribution is -2.39. The molecule has 1 heterocycles. The molecule has 3 rings (SSSR count). The number of hydrogen-bond donors (Lipinski definition) is 1. The number of hydrogen-bond acceptors (Lipinski definition) is 2. The number of amides is 1. The monoisotopic (exact) mass is 358 g/mol. The number of piperidine rings is 1. The summed E-state index contributed by atoms with van der Waals surface area (Å²) in [6, 6.07) is 13.9. The molecule has 2 aromatic carbocycles. The summed E-state index contributed by atoms with van der Waals surface area (Å²) in [7, 11) is 0. The molecule has 1 saturated heterocycles. The van der Waals surface area contributed by atoms with Gasteiger partial charge in [-0.15, -0.1) is 0 Å². The van der Waals surface area contributed by atoms with Gasteiger partial charge in [-0.2, -0.15) is 0 Å². The lowest BCUT2D eigenvalue weighted by atomic mass is 9.96. The summed E-state index contributed by atoms with van der Waals surface area (Å²) in [4.78, 5) is 14.5. The maximum atomic E-state index is 13.6. The predicted molar refractivity (Wildman–Crippen MR) is 98.0 cm³/mol. The van der Waals surface area contributed by atoms with Gasteiger partial charge >= 0.3 is 0 Å². The summed E-state index contributed by atoms with van der Waals surface area (Å²) in [5.74, 6) is -1.97. The van der Waals surface area contributed by atoms with Crippen molar-refractivity contribution in [2.75, 3.05) is 26.2 Å². The van der Waals surface area contributed by atoms with Gasteiger partial charge in [0.05, 0.1) is 0 Å². The van der Waals surface area contributed by atoms with E-state index in [0.29, 0.717) is 12.5 Å². The Kier molecular flexibility index (Phi) is 6.34. The van der Waals surface area contributed by atoms with Crippen molar-refractivity contribution in [3.63, 3.8) is 0 Å². The normalized spacial score (nSPS) is 15.8. The summed E-state index contributed by atoms with van der Waals surface area (Å²) in [5.41, 5.74) is 0.849. The van der Waals surface area contributed by atoms with Crippen molar-refractivity contribution in [1.82, 2.24) is 10.2 Å². The van der Waals surface area contributed by atoms with Gasteiger partial charge in [-0.3, -0.25) is 4.79 Å². The minimum absolute atomic E-state index is 0.349. The van der Waals surface area contributed by atoms with Gasteiger partial charge in [0.1, 0.15) is 17.2 Å². The number of rotatable bonds is 6. The Balaban J connectivity index is 1.41. The molecule has 0 aliphatic carbocycles. The highest BCUT2D eigenvalue weighted by molar-refractivity contribution is 5.94. The second-order valence-electron chi connectivity index (χ2n) is 6.83. The van der Waals surface area contributed by atoms with Gasteiger partial charge in [-0.25, -0.2) is 8.78 Å². The van der Waals surface area contributed by atoms with Gasteiger partial charge in [0.2, 0.25) is 0 Å². The molecule has 2 aromatic rings. The quantitative estimate of drug-likeness (QED) is 0.855. The van der Waals surface area contributed by atoms with Crippen LogP contribution in [0.3, 0.4) is 0 Å². The Hall–Kier alpha value is -2.27. The lowest BCUT2D eigenvalue weighted by Gasteiger charge is -2.32. The SMILES string of the molecule is O=C(NCC1CCN(CCc2ccccc2)CC1)c1c(F)cccc1F. The second kappa shape index (κ2) is 8.90. The fourth-order valence-corrected chi connectivity index (χ4v) is 3.39. The molecule has 0 saturated carbocycles. The number of halogens is 2. The molecule has 0 aromatic heterocycles. The van der Waals surface area contributed by atoms with E-state index < -0.39 is 23.1 Å². The zero-order valence-electron chi connectivity index (χ0n) is 14.8. The third-order valence-corrected chi connectivity index (χ3v) is 5.01. The van der Waals surface area contributed by atoms with E-state index in [1.54, 1.807) is 0 Å². The largest absolute Gasteiger partial charge is 0.352 e. The summed E-state index contributed by atoms with van der Waals surface area (Å²) in [6.07, 6.45) is 3.00. The molecule has 0 atom stereocenters. The maximum Gasteiger partial charge on any atom is 0.257 e. The molecule has 0 spiro atoms. The van der Waals surface area contributed by atoms with E-state index in [0.717, 1.165) is 51.0 Å². The number of carbonyl (C=O) groups excluding carboxylic acids is 1. The zero-order chi connectivity index (χ0) is 18.4. The number of likely N-dealkylation sites (tertiary alicyclic amines) is 1. The first-order chi connectivity index (χ1) is 12.6. The second-order valence-corrected chi connectivity index (χ2v) is 6.83. The number of nitrogens with zero attached hydrogens (tertiary/aromatic N) is 1. The average molecular weight is 358 g/mol. The number of carbonyl (C=O) groups is 1. The standard InChI is InChI=1S/C21H24F2N2O/c22-18-7-4-8-19(23)20(18)21(26)24-15-17-10-13-25(14-11-17)12-9-16-5-2-1-3-6-16/h1-8,17H,9-15H2,(H,24,26). The molecular formula is C21H24F2N2O. The zero-order valence-corrected chi connectivity index (χ0v) is 14.8. The highest BCUT2D eigenvalue weighted by atomic mass is 19.1. The van der Waals surface area contributed by atoms with Crippen LogP contribution in [-0.2, 0) is 6.42 Å². The van der Waals surface area contributed by atoms with Crippen molar-refractivity contribution < 1.29 is 13.6 Å². The summed E-state index contributed by atoms with van der Waals surface area (Å²) < 4.78 is 27.3. The first-order valence-corrected chi connectivity index (χ1v) is 9.12.